The molecule has 0 radical (unpaired) electrons. The van der Waals surface area contributed by atoms with E-state index in [1.54, 1.807) is 43.3 Å². The molecular weight excluding hydrogens is 372 g/mol. The second-order valence-corrected chi connectivity index (χ2v) is 7.31. The number of amides is 1. The Kier molecular flexibility index (Phi) is 4.70. The van der Waals surface area contributed by atoms with Gasteiger partial charge in [-0.2, -0.15) is 0 Å². The van der Waals surface area contributed by atoms with Gasteiger partial charge in [0, 0.05) is 36.3 Å². The smallest absolute Gasteiger partial charge is 0.329 e. The van der Waals surface area contributed by atoms with Gasteiger partial charge < -0.3 is 14.6 Å². The maximum atomic E-state index is 13.2. The summed E-state index contributed by atoms with van der Waals surface area (Å²) in [5.41, 5.74) is 0.593. The summed E-state index contributed by atoms with van der Waals surface area (Å²) < 4.78 is 6.62. The van der Waals surface area contributed by atoms with Gasteiger partial charge in [0.2, 0.25) is 5.91 Å². The standard InChI is InChI=1S/C21H22N4O4/c1-12(2)19(26)24-10-7-13(8-11-24)25-20(27)15-5-4-14-16(29-3)6-9-22-17(14)18(15)23-21(25)28/h4-6,9,13H,1,7-8,10-11H2,2-3H3,(H,23,28). The second kappa shape index (κ2) is 7.20. The maximum Gasteiger partial charge on any atom is 0.329 e. The summed E-state index contributed by atoms with van der Waals surface area (Å²) >= 11 is 0. The third-order valence-electron chi connectivity index (χ3n) is 5.47. The molecule has 1 amide bonds. The number of carbonyl (C=O) groups is 1. The molecule has 0 spiro atoms. The van der Waals surface area contributed by atoms with Crippen LogP contribution in [-0.4, -0.2) is 45.5 Å². The van der Waals surface area contributed by atoms with Crippen LogP contribution in [0.3, 0.4) is 0 Å². The number of hydrogen-bond acceptors (Lipinski definition) is 5. The van der Waals surface area contributed by atoms with Crippen molar-refractivity contribution in [3.05, 3.63) is 57.4 Å². The van der Waals surface area contributed by atoms with E-state index < -0.39 is 5.69 Å². The fourth-order valence-electron chi connectivity index (χ4n) is 3.99. The van der Waals surface area contributed by atoms with E-state index in [-0.39, 0.29) is 17.5 Å². The monoisotopic (exact) mass is 394 g/mol. The molecule has 150 valence electrons. The number of fused-ring (bicyclic) bond motifs is 3. The van der Waals surface area contributed by atoms with Crippen LogP contribution in [0.15, 0.2) is 46.1 Å². The van der Waals surface area contributed by atoms with E-state index in [1.807, 2.05) is 0 Å². The van der Waals surface area contributed by atoms with Gasteiger partial charge in [0.25, 0.3) is 5.56 Å². The molecular formula is C21H22N4O4. The van der Waals surface area contributed by atoms with Crippen molar-refractivity contribution in [3.63, 3.8) is 0 Å². The molecule has 0 unspecified atom stereocenters. The lowest BCUT2D eigenvalue weighted by molar-refractivity contribution is -0.128. The zero-order valence-electron chi connectivity index (χ0n) is 16.4. The Morgan fingerprint density at radius 2 is 1.90 bits per heavy atom. The molecule has 1 aliphatic heterocycles. The molecule has 3 heterocycles. The van der Waals surface area contributed by atoms with Gasteiger partial charge in [-0.25, -0.2) is 4.79 Å². The van der Waals surface area contributed by atoms with Crippen molar-refractivity contribution < 1.29 is 9.53 Å². The van der Waals surface area contributed by atoms with Crippen LogP contribution in [0.2, 0.25) is 0 Å². The number of piperidine rings is 1. The number of carbonyl (C=O) groups excluding carboxylic acids is 1. The minimum absolute atomic E-state index is 0.0882. The Morgan fingerprint density at radius 3 is 2.55 bits per heavy atom. The van der Waals surface area contributed by atoms with E-state index in [1.165, 1.54) is 4.57 Å². The zero-order chi connectivity index (χ0) is 20.7. The van der Waals surface area contributed by atoms with Gasteiger partial charge >= 0.3 is 5.69 Å². The van der Waals surface area contributed by atoms with E-state index in [9.17, 15) is 14.4 Å². The van der Waals surface area contributed by atoms with Crippen LogP contribution in [0.4, 0.5) is 0 Å². The summed E-state index contributed by atoms with van der Waals surface area (Å²) in [6.45, 7) is 6.34. The predicted octanol–water partition coefficient (Wildman–Crippen LogP) is 1.99. The van der Waals surface area contributed by atoms with Gasteiger partial charge in [0.15, 0.2) is 0 Å². The third kappa shape index (κ3) is 3.10. The lowest BCUT2D eigenvalue weighted by Gasteiger charge is -2.32. The van der Waals surface area contributed by atoms with Gasteiger partial charge in [-0.05, 0) is 38.0 Å². The molecule has 29 heavy (non-hydrogen) atoms. The van der Waals surface area contributed by atoms with Crippen molar-refractivity contribution in [1.82, 2.24) is 19.4 Å². The van der Waals surface area contributed by atoms with Gasteiger partial charge in [0.05, 0.1) is 23.5 Å². The summed E-state index contributed by atoms with van der Waals surface area (Å²) in [6.07, 6.45) is 2.65. The minimum atomic E-state index is -0.468. The molecule has 1 saturated heterocycles. The quantitative estimate of drug-likeness (QED) is 0.541. The van der Waals surface area contributed by atoms with Gasteiger partial charge in [0.1, 0.15) is 5.75 Å². The lowest BCUT2D eigenvalue weighted by Crippen LogP contribution is -2.45. The van der Waals surface area contributed by atoms with E-state index in [2.05, 4.69) is 16.5 Å². The molecule has 8 heteroatoms. The second-order valence-electron chi connectivity index (χ2n) is 7.31. The Hall–Kier alpha value is -3.42. The number of nitrogens with one attached hydrogen (secondary N) is 1. The first-order valence-electron chi connectivity index (χ1n) is 9.47. The van der Waals surface area contributed by atoms with Crippen molar-refractivity contribution in [2.75, 3.05) is 20.2 Å². The summed E-state index contributed by atoms with van der Waals surface area (Å²) in [6, 6.07) is 4.93. The Labute approximate surface area is 166 Å². The highest BCUT2D eigenvalue weighted by Crippen LogP contribution is 2.28. The maximum absolute atomic E-state index is 13.2. The highest BCUT2D eigenvalue weighted by molar-refractivity contribution is 6.04. The van der Waals surface area contributed by atoms with Crippen LogP contribution < -0.4 is 16.0 Å². The highest BCUT2D eigenvalue weighted by Gasteiger charge is 2.26. The topological polar surface area (TPSA) is 97.3 Å². The zero-order valence-corrected chi connectivity index (χ0v) is 16.4. The van der Waals surface area contributed by atoms with E-state index in [0.29, 0.717) is 53.7 Å². The molecule has 1 aliphatic rings. The SMILES string of the molecule is C=C(C)C(=O)N1CCC(n2c(=O)[nH]c3c(ccc4c(OC)ccnc43)c2=O)CC1. The van der Waals surface area contributed by atoms with Crippen molar-refractivity contribution >= 4 is 27.7 Å². The van der Waals surface area contributed by atoms with Crippen LogP contribution in [0.1, 0.15) is 25.8 Å². The highest BCUT2D eigenvalue weighted by atomic mass is 16.5. The number of ether oxygens (including phenoxy) is 1. The van der Waals surface area contributed by atoms with Crippen molar-refractivity contribution in [3.8, 4) is 5.75 Å². The average molecular weight is 394 g/mol. The van der Waals surface area contributed by atoms with Crippen LogP contribution in [0, 0.1) is 0 Å². The number of methoxy groups -OCH3 is 1. The van der Waals surface area contributed by atoms with Gasteiger partial charge in [-0.1, -0.05) is 6.58 Å². The Balaban J connectivity index is 1.77. The molecule has 2 aromatic heterocycles. The van der Waals surface area contributed by atoms with Crippen molar-refractivity contribution in [1.29, 1.82) is 0 Å². The fraction of sp³-hybridized carbons (Fsp3) is 0.333. The first-order valence-corrected chi connectivity index (χ1v) is 9.47. The molecule has 0 aliphatic carbocycles. The van der Waals surface area contributed by atoms with E-state index >= 15 is 0 Å². The summed E-state index contributed by atoms with van der Waals surface area (Å²) in [4.78, 5) is 47.0. The predicted molar refractivity (Wildman–Crippen MR) is 110 cm³/mol. The molecule has 0 atom stereocenters. The number of rotatable bonds is 3. The van der Waals surface area contributed by atoms with Crippen LogP contribution in [0.5, 0.6) is 5.75 Å². The summed E-state index contributed by atoms with van der Waals surface area (Å²) in [7, 11) is 1.56. The molecule has 1 N–H and O–H groups in total. The number of nitrogens with zero attached hydrogens (tertiary/aromatic N) is 3. The number of aromatic nitrogens is 3. The minimum Gasteiger partial charge on any atom is -0.496 e. The lowest BCUT2D eigenvalue weighted by atomic mass is 10.0. The van der Waals surface area contributed by atoms with Crippen molar-refractivity contribution in [2.24, 2.45) is 0 Å². The van der Waals surface area contributed by atoms with Gasteiger partial charge in [-0.15, -0.1) is 0 Å². The average Bonchev–Trinajstić information content (AvgIpc) is 2.73. The molecule has 3 aromatic rings. The number of likely N-dealkylation sites (tertiary alicyclic amines) is 1. The first kappa shape index (κ1) is 18.9. The van der Waals surface area contributed by atoms with E-state index in [4.69, 9.17) is 4.74 Å². The van der Waals surface area contributed by atoms with Gasteiger partial charge in [-0.3, -0.25) is 19.1 Å². The van der Waals surface area contributed by atoms with E-state index in [0.717, 1.165) is 5.39 Å². The van der Waals surface area contributed by atoms with Crippen LogP contribution >= 0.6 is 0 Å². The third-order valence-corrected chi connectivity index (χ3v) is 5.47. The number of pyridine rings is 1. The summed E-state index contributed by atoms with van der Waals surface area (Å²) in [5, 5.41) is 1.13. The summed E-state index contributed by atoms with van der Waals surface area (Å²) in [5.74, 6) is 0.534. The molecule has 4 rings (SSSR count). The fourth-order valence-corrected chi connectivity index (χ4v) is 3.99. The normalized spacial score (nSPS) is 15.0. The van der Waals surface area contributed by atoms with Crippen LogP contribution in [0.25, 0.3) is 21.8 Å². The molecule has 1 fully saturated rings. The molecule has 8 nitrogen and oxygen atoms in total. The largest absolute Gasteiger partial charge is 0.496 e. The molecule has 1 aromatic carbocycles. The van der Waals surface area contributed by atoms with Crippen LogP contribution in [-0.2, 0) is 4.79 Å². The molecule has 0 saturated carbocycles. The number of hydrogen-bond donors (Lipinski definition) is 1. The molecule has 0 bridgehead atoms. The number of aromatic amines is 1. The number of benzene rings is 1. The Morgan fingerprint density at radius 1 is 1.21 bits per heavy atom. The first-order chi connectivity index (χ1) is 13.9. The number of H-pyrrole nitrogens is 1. The van der Waals surface area contributed by atoms with Crippen molar-refractivity contribution in [2.45, 2.75) is 25.8 Å². The Bertz CT molecular complexity index is 1250.